The highest BCUT2D eigenvalue weighted by molar-refractivity contribution is 7.88. The van der Waals surface area contributed by atoms with Crippen LogP contribution in [0.2, 0.25) is 0 Å². The molecule has 1 fully saturated rings. The minimum atomic E-state index is -3.43. The number of hydrogen-bond acceptors (Lipinski definition) is 5. The molecule has 1 aromatic rings. The molecule has 1 aliphatic carbocycles. The third-order valence-corrected chi connectivity index (χ3v) is 5.20. The number of carbonyl (C=O) groups excluding carboxylic acids is 1. The van der Waals surface area contributed by atoms with Crippen LogP contribution in [0.3, 0.4) is 0 Å². The molecule has 24 heavy (non-hydrogen) atoms. The number of benzene rings is 1. The van der Waals surface area contributed by atoms with Gasteiger partial charge in [0.15, 0.2) is 0 Å². The highest BCUT2D eigenvalue weighted by Crippen LogP contribution is 2.17. The third-order valence-electron chi connectivity index (χ3n) is 4.06. The van der Waals surface area contributed by atoms with Gasteiger partial charge in [0.05, 0.1) is 18.8 Å². The summed E-state index contributed by atoms with van der Waals surface area (Å²) in [4.78, 5) is 13.9. The highest BCUT2D eigenvalue weighted by atomic mass is 32.2. The van der Waals surface area contributed by atoms with E-state index in [0.29, 0.717) is 12.2 Å². The zero-order valence-corrected chi connectivity index (χ0v) is 14.9. The predicted molar refractivity (Wildman–Crippen MR) is 92.5 cm³/mol. The summed E-state index contributed by atoms with van der Waals surface area (Å²) in [7, 11) is -3.43. The normalized spacial score (nSPS) is 16.0. The molecule has 0 atom stereocenters. The summed E-state index contributed by atoms with van der Waals surface area (Å²) in [5.74, 6) is -0.372. The van der Waals surface area contributed by atoms with Gasteiger partial charge in [-0.05, 0) is 30.9 Å². The number of nitrogens with one attached hydrogen (secondary N) is 2. The van der Waals surface area contributed by atoms with Crippen LogP contribution in [0.1, 0.15) is 50.2 Å². The fourth-order valence-electron chi connectivity index (χ4n) is 2.81. The maximum absolute atomic E-state index is 12.1. The van der Waals surface area contributed by atoms with Crippen molar-refractivity contribution in [3.63, 3.8) is 0 Å². The van der Waals surface area contributed by atoms with Gasteiger partial charge in [0.1, 0.15) is 0 Å². The third kappa shape index (κ3) is 6.59. The van der Waals surface area contributed by atoms with Gasteiger partial charge in [-0.2, -0.15) is 4.83 Å². The lowest BCUT2D eigenvalue weighted by Gasteiger charge is -2.23. The van der Waals surface area contributed by atoms with Crippen molar-refractivity contribution in [1.29, 1.82) is 0 Å². The van der Waals surface area contributed by atoms with Crippen molar-refractivity contribution >= 4 is 16.0 Å². The van der Waals surface area contributed by atoms with E-state index in [4.69, 9.17) is 4.74 Å². The first-order valence-electron chi connectivity index (χ1n) is 8.47. The van der Waals surface area contributed by atoms with Crippen molar-refractivity contribution in [1.82, 2.24) is 10.3 Å². The molecule has 0 bridgehead atoms. The number of sulfonamides is 1. The first-order valence-corrected chi connectivity index (χ1v) is 10.1. The Kier molecular flexibility index (Phi) is 7.20. The molecule has 1 saturated carbocycles. The number of rotatable bonds is 8. The second-order valence-corrected chi connectivity index (χ2v) is 7.86. The van der Waals surface area contributed by atoms with Gasteiger partial charge in [0.25, 0.3) is 0 Å². The van der Waals surface area contributed by atoms with Crippen LogP contribution in [-0.2, 0) is 31.7 Å². The summed E-state index contributed by atoms with van der Waals surface area (Å²) in [6.45, 7) is 2.12. The topological polar surface area (TPSA) is 84.5 Å². The lowest BCUT2D eigenvalue weighted by molar-refractivity contribution is -0.142. The molecule has 6 nitrogen and oxygen atoms in total. The predicted octanol–water partition coefficient (Wildman–Crippen LogP) is 2.05. The molecule has 0 spiro atoms. The van der Waals surface area contributed by atoms with Crippen molar-refractivity contribution in [2.75, 3.05) is 6.61 Å². The maximum Gasteiger partial charge on any atom is 0.310 e. The summed E-state index contributed by atoms with van der Waals surface area (Å²) in [5, 5.41) is 0. The number of hydrogen-bond donors (Lipinski definition) is 2. The fourth-order valence-corrected chi connectivity index (χ4v) is 3.86. The van der Waals surface area contributed by atoms with Crippen LogP contribution in [0.4, 0.5) is 0 Å². The van der Waals surface area contributed by atoms with Gasteiger partial charge in [0.2, 0.25) is 10.0 Å². The number of ether oxygens (including phenoxy) is 1. The zero-order chi connectivity index (χ0) is 17.4. The molecule has 7 heteroatoms. The van der Waals surface area contributed by atoms with Gasteiger partial charge < -0.3 is 4.74 Å². The van der Waals surface area contributed by atoms with E-state index in [1.165, 1.54) is 6.42 Å². The molecule has 2 rings (SSSR count). The van der Waals surface area contributed by atoms with E-state index in [1.807, 2.05) is 0 Å². The molecule has 2 N–H and O–H groups in total. The number of esters is 1. The van der Waals surface area contributed by atoms with Gasteiger partial charge in [0, 0.05) is 6.04 Å². The van der Waals surface area contributed by atoms with Crippen molar-refractivity contribution in [3.05, 3.63) is 35.4 Å². The molecule has 0 aromatic heterocycles. The van der Waals surface area contributed by atoms with Crippen molar-refractivity contribution in [2.45, 2.75) is 57.2 Å². The van der Waals surface area contributed by atoms with E-state index in [2.05, 4.69) is 10.3 Å². The van der Waals surface area contributed by atoms with E-state index in [0.717, 1.165) is 31.2 Å². The van der Waals surface area contributed by atoms with Crippen molar-refractivity contribution in [3.8, 4) is 0 Å². The summed E-state index contributed by atoms with van der Waals surface area (Å²) in [5.41, 5.74) is 4.42. The van der Waals surface area contributed by atoms with Gasteiger partial charge in [-0.15, -0.1) is 0 Å². The standard InChI is InChI=1S/C17H26N2O4S/c1-2-23-17(20)12-14-8-10-15(11-9-14)13-24(21,22)19-18-16-6-4-3-5-7-16/h8-11,16,18-19H,2-7,12-13H2,1H3. The molecule has 0 radical (unpaired) electrons. The van der Waals surface area contributed by atoms with Crippen LogP contribution in [0, 0.1) is 0 Å². The van der Waals surface area contributed by atoms with Crippen LogP contribution in [-0.4, -0.2) is 27.0 Å². The minimum absolute atomic E-state index is 0.0909. The molecule has 0 heterocycles. The summed E-state index contributed by atoms with van der Waals surface area (Å²) < 4.78 is 29.2. The molecular formula is C17H26N2O4S. The summed E-state index contributed by atoms with van der Waals surface area (Å²) >= 11 is 0. The second-order valence-electron chi connectivity index (χ2n) is 6.14. The average Bonchev–Trinajstić information content (AvgIpc) is 2.56. The van der Waals surface area contributed by atoms with Crippen LogP contribution in [0.15, 0.2) is 24.3 Å². The lowest BCUT2D eigenvalue weighted by Crippen LogP contribution is -2.45. The Balaban J connectivity index is 1.83. The van der Waals surface area contributed by atoms with E-state index in [9.17, 15) is 13.2 Å². The van der Waals surface area contributed by atoms with Gasteiger partial charge in [-0.3, -0.25) is 4.79 Å². The first kappa shape index (κ1) is 18.9. The molecule has 0 aliphatic heterocycles. The number of hydrazine groups is 1. The summed E-state index contributed by atoms with van der Waals surface area (Å²) in [6, 6.07) is 7.20. The van der Waals surface area contributed by atoms with Gasteiger partial charge in [-0.25, -0.2) is 13.8 Å². The Morgan fingerprint density at radius 2 is 1.75 bits per heavy atom. The Morgan fingerprint density at radius 1 is 1.12 bits per heavy atom. The molecular weight excluding hydrogens is 328 g/mol. The molecule has 0 amide bonds. The number of carbonyl (C=O) groups is 1. The Hall–Kier alpha value is -1.44. The van der Waals surface area contributed by atoms with E-state index in [1.54, 1.807) is 31.2 Å². The maximum atomic E-state index is 12.1. The smallest absolute Gasteiger partial charge is 0.310 e. The molecule has 0 saturated heterocycles. The van der Waals surface area contributed by atoms with Gasteiger partial charge >= 0.3 is 5.97 Å². The minimum Gasteiger partial charge on any atom is -0.466 e. The van der Waals surface area contributed by atoms with Crippen molar-refractivity contribution in [2.24, 2.45) is 0 Å². The van der Waals surface area contributed by atoms with Crippen LogP contribution < -0.4 is 10.3 Å². The molecule has 1 aliphatic rings. The van der Waals surface area contributed by atoms with Gasteiger partial charge in [-0.1, -0.05) is 43.5 Å². The Morgan fingerprint density at radius 3 is 2.38 bits per heavy atom. The molecule has 1 aromatic carbocycles. The van der Waals surface area contributed by atoms with Crippen molar-refractivity contribution < 1.29 is 17.9 Å². The van der Waals surface area contributed by atoms with E-state index >= 15 is 0 Å². The Bertz CT molecular complexity index is 622. The quantitative estimate of drug-likeness (QED) is 0.551. The monoisotopic (exact) mass is 354 g/mol. The SMILES string of the molecule is CCOC(=O)Cc1ccc(CS(=O)(=O)NNC2CCCCC2)cc1. The Labute approximate surface area is 144 Å². The van der Waals surface area contributed by atoms with Crippen LogP contribution in [0.25, 0.3) is 0 Å². The fraction of sp³-hybridized carbons (Fsp3) is 0.588. The van der Waals surface area contributed by atoms with Crippen LogP contribution >= 0.6 is 0 Å². The molecule has 134 valence electrons. The zero-order valence-electron chi connectivity index (χ0n) is 14.1. The van der Waals surface area contributed by atoms with Crippen LogP contribution in [0.5, 0.6) is 0 Å². The first-order chi connectivity index (χ1) is 11.5. The van der Waals surface area contributed by atoms with E-state index < -0.39 is 10.0 Å². The molecule has 0 unspecified atom stereocenters. The average molecular weight is 354 g/mol. The van der Waals surface area contributed by atoms with E-state index in [-0.39, 0.29) is 24.2 Å². The second kappa shape index (κ2) is 9.15. The lowest BCUT2D eigenvalue weighted by atomic mass is 9.96. The summed E-state index contributed by atoms with van der Waals surface area (Å²) in [6.07, 6.45) is 5.71. The largest absolute Gasteiger partial charge is 0.466 e. The highest BCUT2D eigenvalue weighted by Gasteiger charge is 2.17.